The lowest BCUT2D eigenvalue weighted by molar-refractivity contribution is -0.120. The van der Waals surface area contributed by atoms with Crippen molar-refractivity contribution in [2.24, 2.45) is 0 Å². The zero-order valence-electron chi connectivity index (χ0n) is 19.5. The third-order valence-electron chi connectivity index (χ3n) is 5.84. The predicted octanol–water partition coefficient (Wildman–Crippen LogP) is 4.28. The summed E-state index contributed by atoms with van der Waals surface area (Å²) < 4.78 is 12.4. The fourth-order valence-corrected chi connectivity index (χ4v) is 4.78. The molecule has 1 unspecified atom stereocenters. The van der Waals surface area contributed by atoms with Crippen molar-refractivity contribution in [3.63, 3.8) is 0 Å². The van der Waals surface area contributed by atoms with Gasteiger partial charge in [-0.3, -0.25) is 14.2 Å². The average Bonchev–Trinajstić information content (AvgIpc) is 3.34. The first kappa shape index (κ1) is 23.0. The lowest BCUT2D eigenvalue weighted by Crippen LogP contribution is -2.31. The van der Waals surface area contributed by atoms with Crippen LogP contribution in [0.25, 0.3) is 10.9 Å². The quantitative estimate of drug-likeness (QED) is 0.310. The lowest BCUT2D eigenvalue weighted by Gasteiger charge is -2.17. The van der Waals surface area contributed by atoms with Crippen molar-refractivity contribution in [2.45, 2.75) is 37.3 Å². The molecule has 0 aliphatic carbocycles. The van der Waals surface area contributed by atoms with Crippen LogP contribution in [0.5, 0.6) is 11.5 Å². The van der Waals surface area contributed by atoms with E-state index in [0.29, 0.717) is 40.6 Å². The predicted molar refractivity (Wildman–Crippen MR) is 136 cm³/mol. The average molecular weight is 488 g/mol. The number of aryl methyl sites for hydroxylation is 1. The van der Waals surface area contributed by atoms with Crippen molar-refractivity contribution < 1.29 is 14.3 Å². The Hall–Kier alpha value is -3.78. The molecular weight excluding hydrogens is 462 g/mol. The third kappa shape index (κ3) is 5.02. The number of para-hydroxylation sites is 1. The molecular formula is C27H25N3O4S. The van der Waals surface area contributed by atoms with Gasteiger partial charge in [0.15, 0.2) is 16.7 Å². The molecule has 4 aromatic rings. The molecule has 5 rings (SSSR count). The number of carbonyl (C=O) groups excluding carboxylic acids is 1. The van der Waals surface area contributed by atoms with E-state index in [1.165, 1.54) is 11.8 Å². The van der Waals surface area contributed by atoms with Crippen molar-refractivity contribution in [1.29, 1.82) is 0 Å². The highest BCUT2D eigenvalue weighted by atomic mass is 32.2. The normalized spacial score (nSPS) is 13.1. The van der Waals surface area contributed by atoms with Gasteiger partial charge in [-0.05, 0) is 49.2 Å². The molecule has 1 aliphatic rings. The Kier molecular flexibility index (Phi) is 6.46. The summed E-state index contributed by atoms with van der Waals surface area (Å²) >= 11 is 1.28. The van der Waals surface area contributed by atoms with Crippen LogP contribution in [0, 0.1) is 6.92 Å². The van der Waals surface area contributed by atoms with Crippen LogP contribution in [0.2, 0.25) is 0 Å². The lowest BCUT2D eigenvalue weighted by atomic mass is 10.1. The fraction of sp³-hybridized carbons (Fsp3) is 0.222. The highest BCUT2D eigenvalue weighted by Gasteiger charge is 2.20. The Bertz CT molecular complexity index is 1450. The number of rotatable bonds is 7. The summed E-state index contributed by atoms with van der Waals surface area (Å²) in [6, 6.07) is 21.0. The van der Waals surface area contributed by atoms with Gasteiger partial charge >= 0.3 is 0 Å². The van der Waals surface area contributed by atoms with Gasteiger partial charge in [0.25, 0.3) is 5.56 Å². The maximum Gasteiger partial charge on any atom is 0.262 e. The van der Waals surface area contributed by atoms with Crippen LogP contribution in [0.4, 0.5) is 0 Å². The number of thioether (sulfide) groups is 1. The fourth-order valence-electron chi connectivity index (χ4n) is 3.85. The maximum atomic E-state index is 13.4. The minimum absolute atomic E-state index is 0.119. The van der Waals surface area contributed by atoms with E-state index < -0.39 is 5.25 Å². The SMILES string of the molecule is Cc1ccc(Cn2c(SC(C)C(=O)NCc3ccc4c(c3)OCO4)nc3ccccc3c2=O)cc1. The number of nitrogens with zero attached hydrogens (tertiary/aromatic N) is 2. The first-order chi connectivity index (χ1) is 17.0. The number of fused-ring (bicyclic) bond motifs is 2. The smallest absolute Gasteiger partial charge is 0.262 e. The third-order valence-corrected chi connectivity index (χ3v) is 6.93. The standard InChI is InChI=1S/C27H25N3O4S/c1-17-7-9-19(10-8-17)15-30-26(32)21-5-3-4-6-22(21)29-27(30)35-18(2)25(31)28-14-20-11-12-23-24(13-20)34-16-33-23/h3-13,18H,14-16H2,1-2H3,(H,28,31). The number of hydrogen-bond acceptors (Lipinski definition) is 6. The largest absolute Gasteiger partial charge is 0.454 e. The van der Waals surface area contributed by atoms with Gasteiger partial charge in [0.1, 0.15) is 0 Å². The second kappa shape index (κ2) is 9.84. The van der Waals surface area contributed by atoms with E-state index in [4.69, 9.17) is 14.5 Å². The molecule has 0 spiro atoms. The molecule has 0 bridgehead atoms. The molecule has 1 amide bonds. The molecule has 1 aromatic heterocycles. The number of carbonyl (C=O) groups is 1. The summed E-state index contributed by atoms with van der Waals surface area (Å²) in [5, 5.41) is 3.58. The second-order valence-electron chi connectivity index (χ2n) is 8.45. The minimum Gasteiger partial charge on any atom is -0.454 e. The number of nitrogens with one attached hydrogen (secondary N) is 1. The Morgan fingerprint density at radius 1 is 1.06 bits per heavy atom. The molecule has 1 atom stereocenters. The Morgan fingerprint density at radius 2 is 1.80 bits per heavy atom. The highest BCUT2D eigenvalue weighted by molar-refractivity contribution is 8.00. The van der Waals surface area contributed by atoms with E-state index in [9.17, 15) is 9.59 Å². The molecule has 3 aromatic carbocycles. The van der Waals surface area contributed by atoms with Gasteiger partial charge in [-0.15, -0.1) is 0 Å². The maximum absolute atomic E-state index is 13.4. The first-order valence-corrected chi connectivity index (χ1v) is 12.2. The molecule has 0 saturated carbocycles. The molecule has 0 radical (unpaired) electrons. The van der Waals surface area contributed by atoms with Crippen molar-refractivity contribution in [1.82, 2.24) is 14.9 Å². The van der Waals surface area contributed by atoms with Crippen LogP contribution in [0.3, 0.4) is 0 Å². The van der Waals surface area contributed by atoms with Gasteiger partial charge in [-0.2, -0.15) is 0 Å². The Balaban J connectivity index is 1.36. The monoisotopic (exact) mass is 487 g/mol. The van der Waals surface area contributed by atoms with E-state index in [1.807, 2.05) is 74.5 Å². The van der Waals surface area contributed by atoms with Gasteiger partial charge in [0.2, 0.25) is 12.7 Å². The zero-order valence-corrected chi connectivity index (χ0v) is 20.3. The van der Waals surface area contributed by atoms with Crippen LogP contribution in [-0.2, 0) is 17.9 Å². The zero-order chi connectivity index (χ0) is 24.4. The van der Waals surface area contributed by atoms with Crippen molar-refractivity contribution in [2.75, 3.05) is 6.79 Å². The van der Waals surface area contributed by atoms with Crippen LogP contribution in [-0.4, -0.2) is 27.5 Å². The number of aromatic nitrogens is 2. The molecule has 0 fully saturated rings. The van der Waals surface area contributed by atoms with Crippen molar-refractivity contribution in [3.05, 3.63) is 93.8 Å². The van der Waals surface area contributed by atoms with Gasteiger partial charge in [0.05, 0.1) is 22.7 Å². The Morgan fingerprint density at radius 3 is 2.63 bits per heavy atom. The summed E-state index contributed by atoms with van der Waals surface area (Å²) in [6.45, 7) is 4.80. The van der Waals surface area contributed by atoms with Crippen molar-refractivity contribution >= 4 is 28.6 Å². The number of hydrogen-bond donors (Lipinski definition) is 1. The summed E-state index contributed by atoms with van der Waals surface area (Å²) in [7, 11) is 0. The number of amides is 1. The molecule has 2 heterocycles. The number of ether oxygens (including phenoxy) is 2. The van der Waals surface area contributed by atoms with E-state index in [-0.39, 0.29) is 18.3 Å². The van der Waals surface area contributed by atoms with E-state index in [2.05, 4.69) is 5.32 Å². The van der Waals surface area contributed by atoms with E-state index in [1.54, 1.807) is 10.6 Å². The molecule has 8 heteroatoms. The molecule has 1 N–H and O–H groups in total. The number of benzene rings is 3. The molecule has 1 aliphatic heterocycles. The minimum atomic E-state index is -0.457. The second-order valence-corrected chi connectivity index (χ2v) is 9.76. The molecule has 0 saturated heterocycles. The van der Waals surface area contributed by atoms with Gasteiger partial charge in [-0.25, -0.2) is 4.98 Å². The van der Waals surface area contributed by atoms with E-state index >= 15 is 0 Å². The van der Waals surface area contributed by atoms with Gasteiger partial charge in [-0.1, -0.05) is 59.8 Å². The van der Waals surface area contributed by atoms with Gasteiger partial charge in [0, 0.05) is 6.54 Å². The van der Waals surface area contributed by atoms with E-state index in [0.717, 1.165) is 16.7 Å². The van der Waals surface area contributed by atoms with Crippen molar-refractivity contribution in [3.8, 4) is 11.5 Å². The van der Waals surface area contributed by atoms with Crippen LogP contribution in [0.1, 0.15) is 23.6 Å². The Labute approximate surface area is 207 Å². The summed E-state index contributed by atoms with van der Waals surface area (Å²) in [4.78, 5) is 31.0. The molecule has 7 nitrogen and oxygen atoms in total. The summed E-state index contributed by atoms with van der Waals surface area (Å²) in [6.07, 6.45) is 0. The first-order valence-electron chi connectivity index (χ1n) is 11.4. The topological polar surface area (TPSA) is 82.5 Å². The van der Waals surface area contributed by atoms with Crippen LogP contribution < -0.4 is 20.3 Å². The van der Waals surface area contributed by atoms with Gasteiger partial charge < -0.3 is 14.8 Å². The highest BCUT2D eigenvalue weighted by Crippen LogP contribution is 2.32. The summed E-state index contributed by atoms with van der Waals surface area (Å²) in [5.74, 6) is 1.24. The molecule has 178 valence electrons. The van der Waals surface area contributed by atoms with Crippen LogP contribution >= 0.6 is 11.8 Å². The molecule has 35 heavy (non-hydrogen) atoms. The summed E-state index contributed by atoms with van der Waals surface area (Å²) in [5.41, 5.74) is 3.57. The van der Waals surface area contributed by atoms with Crippen LogP contribution in [0.15, 0.2) is 76.7 Å².